The normalized spacial score (nSPS) is 11.6. The Morgan fingerprint density at radius 2 is 1.83 bits per heavy atom. The number of aromatic carboxylic acids is 1. The number of carboxylic acid groups (broad SMARTS) is 1. The Bertz CT molecular complexity index is 740. The molecule has 0 aliphatic rings. The van der Waals surface area contributed by atoms with Crippen molar-refractivity contribution in [2.24, 2.45) is 0 Å². The average molecular weight is 349 g/mol. The van der Waals surface area contributed by atoms with Crippen molar-refractivity contribution < 1.29 is 24.2 Å². The second-order valence-electron chi connectivity index (χ2n) is 5.20. The van der Waals surface area contributed by atoms with Gasteiger partial charge in [-0.3, -0.25) is 0 Å². The number of carboxylic acids is 1. The number of rotatable bonds is 6. The van der Waals surface area contributed by atoms with Gasteiger partial charge in [0.2, 0.25) is 0 Å². The Balaban J connectivity index is 2.14. The van der Waals surface area contributed by atoms with E-state index in [9.17, 15) is 9.59 Å². The summed E-state index contributed by atoms with van der Waals surface area (Å²) in [7, 11) is 0. The van der Waals surface area contributed by atoms with Crippen LogP contribution in [0.5, 0.6) is 11.5 Å². The van der Waals surface area contributed by atoms with Crippen molar-refractivity contribution in [2.75, 3.05) is 0 Å². The van der Waals surface area contributed by atoms with Gasteiger partial charge in [-0.1, -0.05) is 18.5 Å². The molecule has 0 amide bonds. The lowest BCUT2D eigenvalue weighted by atomic mass is 10.2. The summed E-state index contributed by atoms with van der Waals surface area (Å²) in [6, 6.07) is 10.5. The van der Waals surface area contributed by atoms with Crippen molar-refractivity contribution in [1.82, 2.24) is 0 Å². The summed E-state index contributed by atoms with van der Waals surface area (Å²) in [6.45, 7) is 3.97. The molecule has 0 heterocycles. The third-order valence-corrected chi connectivity index (χ3v) is 3.61. The van der Waals surface area contributed by atoms with E-state index in [2.05, 4.69) is 0 Å². The molecule has 24 heavy (non-hydrogen) atoms. The minimum absolute atomic E-state index is 0.0585. The van der Waals surface area contributed by atoms with Gasteiger partial charge in [-0.25, -0.2) is 9.59 Å². The number of halogens is 1. The molecule has 126 valence electrons. The molecule has 0 radical (unpaired) electrons. The molecule has 2 aromatic rings. The van der Waals surface area contributed by atoms with E-state index in [1.54, 1.807) is 24.3 Å². The van der Waals surface area contributed by atoms with Gasteiger partial charge in [0.1, 0.15) is 17.1 Å². The molecule has 0 aliphatic carbocycles. The van der Waals surface area contributed by atoms with Crippen molar-refractivity contribution in [2.45, 2.75) is 26.4 Å². The van der Waals surface area contributed by atoms with Crippen LogP contribution in [-0.4, -0.2) is 23.1 Å². The first-order valence-electron chi connectivity index (χ1n) is 7.42. The van der Waals surface area contributed by atoms with Gasteiger partial charge in [-0.2, -0.15) is 0 Å². The predicted octanol–water partition coefficient (Wildman–Crippen LogP) is 4.43. The van der Waals surface area contributed by atoms with Gasteiger partial charge >= 0.3 is 11.9 Å². The lowest BCUT2D eigenvalue weighted by Gasteiger charge is -2.12. The molecule has 2 aromatic carbocycles. The summed E-state index contributed by atoms with van der Waals surface area (Å²) >= 11 is 5.77. The van der Waals surface area contributed by atoms with Gasteiger partial charge in [-0.15, -0.1) is 0 Å². The summed E-state index contributed by atoms with van der Waals surface area (Å²) in [6.07, 6.45) is 0.952. The summed E-state index contributed by atoms with van der Waals surface area (Å²) in [5.41, 5.74) is 0.116. The van der Waals surface area contributed by atoms with E-state index in [0.717, 1.165) is 6.42 Å². The highest BCUT2D eigenvalue weighted by molar-refractivity contribution is 6.31. The minimum Gasteiger partial charge on any atom is -0.491 e. The van der Waals surface area contributed by atoms with Crippen LogP contribution < -0.4 is 9.47 Å². The van der Waals surface area contributed by atoms with Crippen molar-refractivity contribution in [3.63, 3.8) is 0 Å². The zero-order valence-electron chi connectivity index (χ0n) is 13.3. The van der Waals surface area contributed by atoms with E-state index in [1.165, 1.54) is 18.2 Å². The van der Waals surface area contributed by atoms with Crippen LogP contribution in [0.15, 0.2) is 42.5 Å². The Kier molecular flexibility index (Phi) is 5.82. The highest BCUT2D eigenvalue weighted by Crippen LogP contribution is 2.24. The highest BCUT2D eigenvalue weighted by atomic mass is 35.5. The van der Waals surface area contributed by atoms with Gasteiger partial charge in [0, 0.05) is 5.02 Å². The zero-order chi connectivity index (χ0) is 17.7. The second kappa shape index (κ2) is 7.84. The largest absolute Gasteiger partial charge is 0.491 e. The number of hydrogen-bond acceptors (Lipinski definition) is 4. The molecule has 6 heteroatoms. The van der Waals surface area contributed by atoms with E-state index >= 15 is 0 Å². The van der Waals surface area contributed by atoms with E-state index in [0.29, 0.717) is 5.75 Å². The standard InChI is InChI=1S/C18H17ClO5/c1-3-11(2)23-14-7-4-12(5-8-14)18(22)24-16-9-6-13(19)10-15(16)17(20)21/h4-11H,3H2,1-2H3,(H,20,21). The third kappa shape index (κ3) is 4.49. The topological polar surface area (TPSA) is 72.8 Å². The first-order chi connectivity index (χ1) is 11.4. The van der Waals surface area contributed by atoms with Crippen LogP contribution in [0.4, 0.5) is 0 Å². The molecule has 0 saturated carbocycles. The van der Waals surface area contributed by atoms with Crippen LogP contribution in [0.1, 0.15) is 41.0 Å². The van der Waals surface area contributed by atoms with E-state index in [1.807, 2.05) is 13.8 Å². The van der Waals surface area contributed by atoms with Crippen LogP contribution in [0, 0.1) is 0 Å². The summed E-state index contributed by atoms with van der Waals surface area (Å²) in [5.74, 6) is -1.29. The van der Waals surface area contributed by atoms with Crippen LogP contribution in [-0.2, 0) is 0 Å². The SMILES string of the molecule is CCC(C)Oc1ccc(C(=O)Oc2ccc(Cl)cc2C(=O)O)cc1. The lowest BCUT2D eigenvalue weighted by molar-refractivity contribution is 0.0681. The Labute approximate surface area is 144 Å². The second-order valence-corrected chi connectivity index (χ2v) is 5.63. The molecule has 1 unspecified atom stereocenters. The molecule has 0 saturated heterocycles. The quantitative estimate of drug-likeness (QED) is 0.617. The minimum atomic E-state index is -1.22. The number of ether oxygens (including phenoxy) is 2. The molecule has 1 atom stereocenters. The molecule has 0 fully saturated rings. The molecule has 1 N–H and O–H groups in total. The van der Waals surface area contributed by atoms with E-state index in [4.69, 9.17) is 26.2 Å². The van der Waals surface area contributed by atoms with Crippen molar-refractivity contribution in [1.29, 1.82) is 0 Å². The Hall–Kier alpha value is -2.53. The number of benzene rings is 2. The fourth-order valence-corrected chi connectivity index (χ4v) is 2.07. The maximum atomic E-state index is 12.2. The van der Waals surface area contributed by atoms with Gasteiger partial charge < -0.3 is 14.6 Å². The number of esters is 1. The van der Waals surface area contributed by atoms with Crippen molar-refractivity contribution in [3.8, 4) is 11.5 Å². The van der Waals surface area contributed by atoms with Crippen LogP contribution in [0.2, 0.25) is 5.02 Å². The van der Waals surface area contributed by atoms with E-state index < -0.39 is 11.9 Å². The number of hydrogen-bond donors (Lipinski definition) is 1. The van der Waals surface area contributed by atoms with Crippen molar-refractivity contribution >= 4 is 23.5 Å². The third-order valence-electron chi connectivity index (χ3n) is 3.38. The van der Waals surface area contributed by atoms with E-state index in [-0.39, 0.29) is 28.0 Å². The molecule has 0 aromatic heterocycles. The monoisotopic (exact) mass is 348 g/mol. The van der Waals surface area contributed by atoms with Crippen LogP contribution >= 0.6 is 11.6 Å². The number of carbonyl (C=O) groups is 2. The maximum Gasteiger partial charge on any atom is 0.343 e. The molecule has 0 bridgehead atoms. The smallest absolute Gasteiger partial charge is 0.343 e. The van der Waals surface area contributed by atoms with Gasteiger partial charge in [-0.05, 0) is 55.8 Å². The molecule has 0 aliphatic heterocycles. The van der Waals surface area contributed by atoms with Gasteiger partial charge in [0.25, 0.3) is 0 Å². The van der Waals surface area contributed by atoms with Gasteiger partial charge in [0.15, 0.2) is 0 Å². The molecule has 2 rings (SSSR count). The van der Waals surface area contributed by atoms with Crippen molar-refractivity contribution in [3.05, 3.63) is 58.6 Å². The lowest BCUT2D eigenvalue weighted by Crippen LogP contribution is -2.12. The van der Waals surface area contributed by atoms with Crippen LogP contribution in [0.3, 0.4) is 0 Å². The first-order valence-corrected chi connectivity index (χ1v) is 7.80. The molecule has 5 nitrogen and oxygen atoms in total. The fourth-order valence-electron chi connectivity index (χ4n) is 1.90. The van der Waals surface area contributed by atoms with Crippen LogP contribution in [0.25, 0.3) is 0 Å². The summed E-state index contributed by atoms with van der Waals surface area (Å²) in [4.78, 5) is 23.4. The van der Waals surface area contributed by atoms with Gasteiger partial charge in [0.05, 0.1) is 11.7 Å². The molecular weight excluding hydrogens is 332 g/mol. The molecular formula is C18H17ClO5. The summed E-state index contributed by atoms with van der Waals surface area (Å²) < 4.78 is 10.8. The summed E-state index contributed by atoms with van der Waals surface area (Å²) in [5, 5.41) is 9.40. The zero-order valence-corrected chi connectivity index (χ0v) is 14.0. The fraction of sp³-hybridized carbons (Fsp3) is 0.222. The Morgan fingerprint density at radius 3 is 2.42 bits per heavy atom. The maximum absolute atomic E-state index is 12.2. The first kappa shape index (κ1) is 17.8. The predicted molar refractivity (Wildman–Crippen MR) is 90.2 cm³/mol. The number of carbonyl (C=O) groups excluding carboxylic acids is 1. The molecule has 0 spiro atoms. The Morgan fingerprint density at radius 1 is 1.17 bits per heavy atom. The average Bonchev–Trinajstić information content (AvgIpc) is 2.56. The highest BCUT2D eigenvalue weighted by Gasteiger charge is 2.16.